The molecule has 2 aliphatic heterocycles. The van der Waals surface area contributed by atoms with Crippen LogP contribution in [0.5, 0.6) is 0 Å². The first-order valence-corrected chi connectivity index (χ1v) is 9.99. The van der Waals surface area contributed by atoms with Crippen LogP contribution in [0.4, 0.5) is 0 Å². The van der Waals surface area contributed by atoms with Gasteiger partial charge in [0.05, 0.1) is 17.5 Å². The quantitative estimate of drug-likeness (QED) is 0.749. The van der Waals surface area contributed by atoms with Gasteiger partial charge in [-0.2, -0.15) is 5.10 Å². The van der Waals surface area contributed by atoms with Crippen LogP contribution in [0.2, 0.25) is 0 Å². The first-order chi connectivity index (χ1) is 11.8. The van der Waals surface area contributed by atoms with Crippen molar-refractivity contribution >= 4 is 27.4 Å². The first-order valence-electron chi connectivity index (χ1n) is 8.17. The van der Waals surface area contributed by atoms with Crippen molar-refractivity contribution in [3.05, 3.63) is 35.4 Å². The van der Waals surface area contributed by atoms with Gasteiger partial charge in [0.25, 0.3) is 0 Å². The van der Waals surface area contributed by atoms with E-state index in [1.165, 1.54) is 0 Å². The van der Waals surface area contributed by atoms with Crippen LogP contribution >= 0.6 is 0 Å². The largest absolute Gasteiger partial charge is 0.456 e. The van der Waals surface area contributed by atoms with E-state index in [1.54, 1.807) is 0 Å². The number of sulfone groups is 1. The number of carbonyl (C=O) groups excluding carboxylic acids is 2. The second-order valence-electron chi connectivity index (χ2n) is 6.41. The molecule has 0 spiro atoms. The Labute approximate surface area is 146 Å². The van der Waals surface area contributed by atoms with E-state index in [0.717, 1.165) is 16.1 Å². The number of rotatable bonds is 4. The van der Waals surface area contributed by atoms with E-state index in [9.17, 15) is 18.0 Å². The Balaban J connectivity index is 1.67. The Morgan fingerprint density at radius 3 is 2.84 bits per heavy atom. The molecule has 1 amide bonds. The molecule has 1 unspecified atom stereocenters. The number of ether oxygens (including phenoxy) is 1. The number of amides is 1. The van der Waals surface area contributed by atoms with Crippen LogP contribution in [0, 0.1) is 6.92 Å². The van der Waals surface area contributed by atoms with Gasteiger partial charge < -0.3 is 4.74 Å². The molecule has 25 heavy (non-hydrogen) atoms. The Hall–Kier alpha value is -2.22. The minimum absolute atomic E-state index is 0.0457. The zero-order valence-corrected chi connectivity index (χ0v) is 14.8. The van der Waals surface area contributed by atoms with Crippen molar-refractivity contribution < 1.29 is 22.7 Å². The average Bonchev–Trinajstić information content (AvgIpc) is 2.93. The van der Waals surface area contributed by atoms with Gasteiger partial charge in [-0.3, -0.25) is 4.79 Å². The fourth-order valence-corrected chi connectivity index (χ4v) is 4.70. The molecular formula is C17H20N2O5S. The Kier molecular flexibility index (Phi) is 4.89. The SMILES string of the molecule is Cc1cccc(COC(=O)C2=NN(C3CCS(=O)(=O)C3)C(=O)CC2)c1. The molecule has 0 saturated carbocycles. The lowest BCUT2D eigenvalue weighted by Crippen LogP contribution is -2.42. The van der Waals surface area contributed by atoms with E-state index in [-0.39, 0.29) is 42.6 Å². The number of esters is 1. The maximum absolute atomic E-state index is 12.2. The highest BCUT2D eigenvalue weighted by atomic mass is 32.2. The summed E-state index contributed by atoms with van der Waals surface area (Å²) in [5.74, 6) is -0.880. The van der Waals surface area contributed by atoms with E-state index >= 15 is 0 Å². The van der Waals surface area contributed by atoms with Crippen molar-refractivity contribution in [1.29, 1.82) is 0 Å². The predicted molar refractivity (Wildman–Crippen MR) is 91.5 cm³/mol. The summed E-state index contributed by atoms with van der Waals surface area (Å²) in [7, 11) is -3.14. The minimum Gasteiger partial charge on any atom is -0.456 e. The van der Waals surface area contributed by atoms with Gasteiger partial charge in [0, 0.05) is 12.8 Å². The van der Waals surface area contributed by atoms with Gasteiger partial charge in [0.2, 0.25) is 5.91 Å². The molecule has 8 heteroatoms. The second kappa shape index (κ2) is 6.95. The fraction of sp³-hybridized carbons (Fsp3) is 0.471. The van der Waals surface area contributed by atoms with E-state index in [4.69, 9.17) is 4.74 Å². The van der Waals surface area contributed by atoms with Crippen molar-refractivity contribution in [2.75, 3.05) is 11.5 Å². The van der Waals surface area contributed by atoms with Crippen LogP contribution in [-0.4, -0.2) is 48.6 Å². The van der Waals surface area contributed by atoms with E-state index in [2.05, 4.69) is 5.10 Å². The number of aryl methyl sites for hydroxylation is 1. The third-order valence-corrected chi connectivity index (χ3v) is 6.05. The number of hydrogen-bond donors (Lipinski definition) is 0. The number of carbonyl (C=O) groups is 2. The number of hydrogen-bond acceptors (Lipinski definition) is 6. The zero-order chi connectivity index (χ0) is 18.0. The molecule has 1 saturated heterocycles. The van der Waals surface area contributed by atoms with E-state index in [1.807, 2.05) is 31.2 Å². The molecule has 7 nitrogen and oxygen atoms in total. The highest BCUT2D eigenvalue weighted by Crippen LogP contribution is 2.22. The molecule has 2 heterocycles. The lowest BCUT2D eigenvalue weighted by Gasteiger charge is -2.27. The van der Waals surface area contributed by atoms with Gasteiger partial charge in [0.1, 0.15) is 12.3 Å². The van der Waals surface area contributed by atoms with Crippen molar-refractivity contribution in [2.45, 2.75) is 38.8 Å². The molecule has 2 aliphatic rings. The highest BCUT2D eigenvalue weighted by Gasteiger charge is 2.37. The van der Waals surface area contributed by atoms with Gasteiger partial charge in [-0.05, 0) is 18.9 Å². The molecule has 1 atom stereocenters. The molecule has 1 aromatic carbocycles. The standard InChI is InChI=1S/C17H20N2O5S/c1-12-3-2-4-13(9-12)10-24-17(21)15-5-6-16(20)19(18-15)14-7-8-25(22,23)11-14/h2-4,9,14H,5-8,10-11H2,1H3. The molecule has 0 aliphatic carbocycles. The summed E-state index contributed by atoms with van der Waals surface area (Å²) in [4.78, 5) is 24.3. The van der Waals surface area contributed by atoms with Gasteiger partial charge in [-0.1, -0.05) is 29.8 Å². The Bertz CT molecular complexity index is 831. The van der Waals surface area contributed by atoms with Crippen LogP contribution < -0.4 is 0 Å². The monoisotopic (exact) mass is 364 g/mol. The molecule has 1 aromatic rings. The van der Waals surface area contributed by atoms with Gasteiger partial charge in [-0.15, -0.1) is 0 Å². The smallest absolute Gasteiger partial charge is 0.354 e. The number of nitrogens with zero attached hydrogens (tertiary/aromatic N) is 2. The summed E-state index contributed by atoms with van der Waals surface area (Å²) in [5.41, 5.74) is 2.11. The van der Waals surface area contributed by atoms with Gasteiger partial charge in [0.15, 0.2) is 9.84 Å². The normalized spacial score (nSPS) is 22.6. The van der Waals surface area contributed by atoms with Crippen molar-refractivity contribution in [3.63, 3.8) is 0 Å². The molecule has 0 bridgehead atoms. The minimum atomic E-state index is -3.14. The average molecular weight is 364 g/mol. The molecule has 3 rings (SSSR count). The summed E-state index contributed by atoms with van der Waals surface area (Å²) in [6, 6.07) is 7.14. The molecule has 0 aromatic heterocycles. The van der Waals surface area contributed by atoms with Crippen LogP contribution in [0.1, 0.15) is 30.4 Å². The summed E-state index contributed by atoms with van der Waals surface area (Å²) in [5, 5.41) is 5.27. The first kappa shape index (κ1) is 17.6. The topological polar surface area (TPSA) is 93.1 Å². The molecule has 134 valence electrons. The molecular weight excluding hydrogens is 344 g/mol. The lowest BCUT2D eigenvalue weighted by atomic mass is 10.1. The third-order valence-electron chi connectivity index (χ3n) is 4.30. The maximum Gasteiger partial charge on any atom is 0.354 e. The van der Waals surface area contributed by atoms with E-state index < -0.39 is 21.8 Å². The number of hydrazone groups is 1. The van der Waals surface area contributed by atoms with Crippen molar-refractivity contribution in [3.8, 4) is 0 Å². The Morgan fingerprint density at radius 1 is 1.36 bits per heavy atom. The summed E-state index contributed by atoms with van der Waals surface area (Å²) in [6.07, 6.45) is 0.694. The van der Waals surface area contributed by atoms with Crippen LogP contribution in [-0.2, 0) is 30.8 Å². The maximum atomic E-state index is 12.2. The lowest BCUT2D eigenvalue weighted by molar-refractivity contribution is -0.138. The fourth-order valence-electron chi connectivity index (χ4n) is 3.01. The van der Waals surface area contributed by atoms with E-state index in [0.29, 0.717) is 6.42 Å². The van der Waals surface area contributed by atoms with Crippen molar-refractivity contribution in [2.24, 2.45) is 5.10 Å². The third kappa shape index (κ3) is 4.25. The predicted octanol–water partition coefficient (Wildman–Crippen LogP) is 1.20. The summed E-state index contributed by atoms with van der Waals surface area (Å²) < 4.78 is 28.5. The van der Waals surface area contributed by atoms with Crippen LogP contribution in [0.15, 0.2) is 29.4 Å². The summed E-state index contributed by atoms with van der Waals surface area (Å²) in [6.45, 7) is 2.08. The van der Waals surface area contributed by atoms with Crippen molar-refractivity contribution in [1.82, 2.24) is 5.01 Å². The second-order valence-corrected chi connectivity index (χ2v) is 8.64. The molecule has 1 fully saturated rings. The Morgan fingerprint density at radius 2 is 2.16 bits per heavy atom. The van der Waals surface area contributed by atoms with Gasteiger partial charge in [-0.25, -0.2) is 18.2 Å². The zero-order valence-electron chi connectivity index (χ0n) is 14.0. The summed E-state index contributed by atoms with van der Waals surface area (Å²) >= 11 is 0. The molecule has 0 N–H and O–H groups in total. The van der Waals surface area contributed by atoms with Crippen LogP contribution in [0.3, 0.4) is 0 Å². The van der Waals surface area contributed by atoms with Gasteiger partial charge >= 0.3 is 5.97 Å². The van der Waals surface area contributed by atoms with Crippen LogP contribution in [0.25, 0.3) is 0 Å². The highest BCUT2D eigenvalue weighted by molar-refractivity contribution is 7.91. The number of benzene rings is 1. The molecule has 0 radical (unpaired) electrons.